The summed E-state index contributed by atoms with van der Waals surface area (Å²) in [5.41, 5.74) is 1.15. The molecule has 2 nitrogen and oxygen atoms in total. The molecular weight excluding hydrogens is 390 g/mol. The van der Waals surface area contributed by atoms with Crippen molar-refractivity contribution >= 4 is 40.7 Å². The van der Waals surface area contributed by atoms with E-state index in [1.807, 2.05) is 6.07 Å². The van der Waals surface area contributed by atoms with Crippen molar-refractivity contribution in [3.63, 3.8) is 0 Å². The Morgan fingerprint density at radius 1 is 1.14 bits per heavy atom. The van der Waals surface area contributed by atoms with Gasteiger partial charge in [0.05, 0.1) is 4.47 Å². The van der Waals surface area contributed by atoms with Crippen molar-refractivity contribution in [3.05, 3.63) is 34.1 Å². The lowest BCUT2D eigenvalue weighted by molar-refractivity contribution is 0.125. The van der Waals surface area contributed by atoms with Gasteiger partial charge < -0.3 is 5.32 Å². The number of halogens is 4. The standard InChI is InChI=1S/C16H22BrFN2.2ClH/c17-14-6-5-13(11-15(14)18)16(12-3-1-2-4-12)20-9-7-19-8-10-20;;/h5-6,11-12,16,19H,1-4,7-10H2;2*1H/t16-;;/m0../s1. The molecule has 22 heavy (non-hydrogen) atoms. The summed E-state index contributed by atoms with van der Waals surface area (Å²) < 4.78 is 14.5. The SMILES string of the molecule is Cl.Cl.Fc1cc([C@H](C2CCCC2)N2CCNCC2)ccc1Br. The Morgan fingerprint density at radius 3 is 2.36 bits per heavy atom. The summed E-state index contributed by atoms with van der Waals surface area (Å²) in [6, 6.07) is 6.07. The van der Waals surface area contributed by atoms with E-state index in [0.717, 1.165) is 31.7 Å². The first-order valence-electron chi connectivity index (χ1n) is 7.65. The predicted octanol–water partition coefficient (Wildman–Crippen LogP) is 4.57. The van der Waals surface area contributed by atoms with Crippen molar-refractivity contribution in [2.24, 2.45) is 5.92 Å². The Kier molecular flexibility index (Phi) is 8.65. The average molecular weight is 414 g/mol. The van der Waals surface area contributed by atoms with Crippen LogP contribution in [0.4, 0.5) is 4.39 Å². The lowest BCUT2D eigenvalue weighted by Crippen LogP contribution is -2.46. The molecule has 0 amide bonds. The Morgan fingerprint density at radius 2 is 1.77 bits per heavy atom. The molecule has 6 heteroatoms. The van der Waals surface area contributed by atoms with Crippen molar-refractivity contribution in [2.45, 2.75) is 31.7 Å². The minimum Gasteiger partial charge on any atom is -0.314 e. The first kappa shape index (κ1) is 20.2. The molecule has 0 unspecified atom stereocenters. The van der Waals surface area contributed by atoms with Crippen molar-refractivity contribution < 1.29 is 4.39 Å². The molecule has 1 saturated carbocycles. The molecule has 126 valence electrons. The van der Waals surface area contributed by atoms with Gasteiger partial charge >= 0.3 is 0 Å². The molecule has 1 aliphatic heterocycles. The van der Waals surface area contributed by atoms with E-state index >= 15 is 0 Å². The number of nitrogens with zero attached hydrogens (tertiary/aromatic N) is 1. The van der Waals surface area contributed by atoms with E-state index in [-0.39, 0.29) is 30.6 Å². The summed E-state index contributed by atoms with van der Waals surface area (Å²) in [5, 5.41) is 3.41. The molecule has 3 rings (SSSR count). The normalized spacial score (nSPS) is 21.0. The molecule has 1 heterocycles. The third-order valence-corrected chi connectivity index (χ3v) is 5.32. The van der Waals surface area contributed by atoms with Crippen LogP contribution in [0.15, 0.2) is 22.7 Å². The van der Waals surface area contributed by atoms with Crippen LogP contribution in [-0.4, -0.2) is 31.1 Å². The maximum atomic E-state index is 13.9. The Balaban J connectivity index is 0.00000121. The monoisotopic (exact) mass is 412 g/mol. The topological polar surface area (TPSA) is 15.3 Å². The van der Waals surface area contributed by atoms with Gasteiger partial charge in [-0.1, -0.05) is 18.9 Å². The zero-order valence-corrected chi connectivity index (χ0v) is 15.8. The maximum absolute atomic E-state index is 13.9. The van der Waals surface area contributed by atoms with Crippen LogP contribution in [0.5, 0.6) is 0 Å². The van der Waals surface area contributed by atoms with Crippen molar-refractivity contribution in [1.82, 2.24) is 10.2 Å². The Labute approximate surface area is 153 Å². The molecule has 1 aromatic rings. The first-order chi connectivity index (χ1) is 9.75. The van der Waals surface area contributed by atoms with E-state index in [1.54, 1.807) is 6.07 Å². The van der Waals surface area contributed by atoms with Crippen LogP contribution in [0.3, 0.4) is 0 Å². The second kappa shape index (κ2) is 9.43. The summed E-state index contributed by atoms with van der Waals surface area (Å²) >= 11 is 3.26. The first-order valence-corrected chi connectivity index (χ1v) is 8.45. The summed E-state index contributed by atoms with van der Waals surface area (Å²) in [4.78, 5) is 2.55. The fraction of sp³-hybridized carbons (Fsp3) is 0.625. The van der Waals surface area contributed by atoms with Crippen LogP contribution in [0.1, 0.15) is 37.3 Å². The minimum absolute atomic E-state index is 0. The van der Waals surface area contributed by atoms with E-state index in [9.17, 15) is 4.39 Å². The number of piperazine rings is 1. The molecular formula is C16H24BrCl2FN2. The fourth-order valence-corrected chi connectivity index (χ4v) is 3.96. The highest BCUT2D eigenvalue weighted by molar-refractivity contribution is 9.10. The third-order valence-electron chi connectivity index (χ3n) is 4.68. The van der Waals surface area contributed by atoms with E-state index in [2.05, 4.69) is 32.2 Å². The number of benzene rings is 1. The summed E-state index contributed by atoms with van der Waals surface area (Å²) in [6.45, 7) is 4.22. The Hall–Kier alpha value is 0.130. The summed E-state index contributed by atoms with van der Waals surface area (Å²) in [5.74, 6) is 0.550. The van der Waals surface area contributed by atoms with Crippen LogP contribution in [0.25, 0.3) is 0 Å². The van der Waals surface area contributed by atoms with Gasteiger partial charge in [0.25, 0.3) is 0 Å². The van der Waals surface area contributed by atoms with Gasteiger partial charge in [0, 0.05) is 32.2 Å². The van der Waals surface area contributed by atoms with Gasteiger partial charge in [0.2, 0.25) is 0 Å². The molecule has 2 fully saturated rings. The lowest BCUT2D eigenvalue weighted by atomic mass is 9.89. The van der Waals surface area contributed by atoms with Gasteiger partial charge in [-0.15, -0.1) is 24.8 Å². The van der Waals surface area contributed by atoms with E-state index in [1.165, 1.54) is 25.7 Å². The number of hydrogen-bond acceptors (Lipinski definition) is 2. The van der Waals surface area contributed by atoms with Crippen LogP contribution < -0.4 is 5.32 Å². The van der Waals surface area contributed by atoms with E-state index < -0.39 is 0 Å². The smallest absolute Gasteiger partial charge is 0.137 e. The molecule has 0 bridgehead atoms. The molecule has 1 aliphatic carbocycles. The van der Waals surface area contributed by atoms with Crippen LogP contribution in [-0.2, 0) is 0 Å². The van der Waals surface area contributed by atoms with Gasteiger partial charge in [-0.3, -0.25) is 4.90 Å². The van der Waals surface area contributed by atoms with Crippen molar-refractivity contribution in [2.75, 3.05) is 26.2 Å². The number of hydrogen-bond donors (Lipinski definition) is 1. The average Bonchev–Trinajstić information content (AvgIpc) is 2.98. The van der Waals surface area contributed by atoms with Gasteiger partial charge in [0.1, 0.15) is 5.82 Å². The highest BCUT2D eigenvalue weighted by Crippen LogP contribution is 2.40. The summed E-state index contributed by atoms with van der Waals surface area (Å²) in [7, 11) is 0. The number of rotatable bonds is 3. The van der Waals surface area contributed by atoms with Crippen LogP contribution >= 0.6 is 40.7 Å². The lowest BCUT2D eigenvalue weighted by Gasteiger charge is -2.38. The Bertz CT molecular complexity index is 463. The maximum Gasteiger partial charge on any atom is 0.137 e. The highest BCUT2D eigenvalue weighted by atomic mass is 79.9. The quantitative estimate of drug-likeness (QED) is 0.780. The zero-order valence-electron chi connectivity index (χ0n) is 12.6. The molecule has 0 radical (unpaired) electrons. The van der Waals surface area contributed by atoms with E-state index in [4.69, 9.17) is 0 Å². The van der Waals surface area contributed by atoms with Crippen molar-refractivity contribution in [3.8, 4) is 0 Å². The molecule has 1 atom stereocenters. The van der Waals surface area contributed by atoms with E-state index in [0.29, 0.717) is 16.4 Å². The van der Waals surface area contributed by atoms with Gasteiger partial charge in [-0.05, 0) is 52.4 Å². The second-order valence-electron chi connectivity index (χ2n) is 5.95. The zero-order chi connectivity index (χ0) is 13.9. The summed E-state index contributed by atoms with van der Waals surface area (Å²) in [6.07, 6.45) is 5.22. The third kappa shape index (κ3) is 4.57. The molecule has 1 N–H and O–H groups in total. The van der Waals surface area contributed by atoms with Gasteiger partial charge in [0.15, 0.2) is 0 Å². The van der Waals surface area contributed by atoms with Gasteiger partial charge in [-0.2, -0.15) is 0 Å². The molecule has 2 aliphatic rings. The molecule has 1 saturated heterocycles. The van der Waals surface area contributed by atoms with Crippen molar-refractivity contribution in [1.29, 1.82) is 0 Å². The van der Waals surface area contributed by atoms with Gasteiger partial charge in [-0.25, -0.2) is 4.39 Å². The minimum atomic E-state index is -0.138. The molecule has 1 aromatic carbocycles. The molecule has 0 aromatic heterocycles. The molecule has 0 spiro atoms. The van der Waals surface area contributed by atoms with Crippen LogP contribution in [0, 0.1) is 11.7 Å². The second-order valence-corrected chi connectivity index (χ2v) is 6.80. The highest BCUT2D eigenvalue weighted by Gasteiger charge is 2.32. The predicted molar refractivity (Wildman–Crippen MR) is 97.7 cm³/mol. The largest absolute Gasteiger partial charge is 0.314 e. The number of nitrogens with one attached hydrogen (secondary N) is 1. The fourth-order valence-electron chi connectivity index (χ4n) is 3.71. The van der Waals surface area contributed by atoms with Crippen LogP contribution in [0.2, 0.25) is 0 Å².